The van der Waals surface area contributed by atoms with E-state index < -0.39 is 0 Å². The van der Waals surface area contributed by atoms with Crippen molar-refractivity contribution < 1.29 is 9.53 Å². The molecular formula is C9H10N2O2. The third kappa shape index (κ3) is 1.30. The largest absolute Gasteiger partial charge is 0.448 e. The molecule has 0 atom stereocenters. The summed E-state index contributed by atoms with van der Waals surface area (Å²) in [6.45, 7) is 2.16. The van der Waals surface area contributed by atoms with E-state index in [0.29, 0.717) is 6.61 Å². The van der Waals surface area contributed by atoms with Crippen molar-refractivity contribution in [1.82, 2.24) is 9.78 Å². The summed E-state index contributed by atoms with van der Waals surface area (Å²) in [6, 6.07) is 5.77. The van der Waals surface area contributed by atoms with Crippen molar-refractivity contribution in [3.8, 4) is 11.3 Å². The molecule has 0 spiro atoms. The van der Waals surface area contributed by atoms with Gasteiger partial charge in [-0.2, -0.15) is 4.68 Å². The standard InChI is InChI=1S/C9H10N2O2/c1-2-13-9(12)11-6-7-4-3-5-8(7)10-11/h3-6,10H,2H2,1H3. The van der Waals surface area contributed by atoms with Crippen molar-refractivity contribution in [2.24, 2.45) is 0 Å². The minimum absolute atomic E-state index is 0.376. The van der Waals surface area contributed by atoms with Gasteiger partial charge in [0.25, 0.3) is 0 Å². The van der Waals surface area contributed by atoms with Gasteiger partial charge in [0.05, 0.1) is 12.3 Å². The Labute approximate surface area is 75.4 Å². The Morgan fingerprint density at radius 1 is 1.62 bits per heavy atom. The summed E-state index contributed by atoms with van der Waals surface area (Å²) in [5, 5.41) is 2.90. The van der Waals surface area contributed by atoms with Crippen LogP contribution in [0.4, 0.5) is 4.79 Å². The molecule has 68 valence electrons. The van der Waals surface area contributed by atoms with E-state index in [1.54, 1.807) is 13.1 Å². The smallest absolute Gasteiger partial charge is 0.432 e. The molecule has 1 aliphatic heterocycles. The highest BCUT2D eigenvalue weighted by atomic mass is 16.5. The van der Waals surface area contributed by atoms with Gasteiger partial charge in [0.15, 0.2) is 0 Å². The van der Waals surface area contributed by atoms with Gasteiger partial charge in [0.1, 0.15) is 0 Å². The molecule has 1 N–H and O–H groups in total. The van der Waals surface area contributed by atoms with Crippen LogP contribution in [-0.4, -0.2) is 22.5 Å². The first-order valence-corrected chi connectivity index (χ1v) is 4.14. The van der Waals surface area contributed by atoms with E-state index in [2.05, 4.69) is 5.10 Å². The van der Waals surface area contributed by atoms with E-state index in [9.17, 15) is 4.79 Å². The van der Waals surface area contributed by atoms with E-state index in [-0.39, 0.29) is 6.09 Å². The van der Waals surface area contributed by atoms with Crippen LogP contribution in [0.1, 0.15) is 6.92 Å². The van der Waals surface area contributed by atoms with Gasteiger partial charge in [-0.05, 0) is 13.0 Å². The van der Waals surface area contributed by atoms with Crippen LogP contribution in [0.5, 0.6) is 0 Å². The lowest BCUT2D eigenvalue weighted by molar-refractivity contribution is 0.150. The molecule has 0 fully saturated rings. The first kappa shape index (κ1) is 7.91. The first-order valence-electron chi connectivity index (χ1n) is 4.14. The predicted molar refractivity (Wildman–Crippen MR) is 47.8 cm³/mol. The Bertz CT molecular complexity index is 363. The number of aromatic nitrogens is 2. The summed E-state index contributed by atoms with van der Waals surface area (Å²) >= 11 is 0. The summed E-state index contributed by atoms with van der Waals surface area (Å²) in [5.74, 6) is 0. The van der Waals surface area contributed by atoms with Gasteiger partial charge < -0.3 is 4.74 Å². The van der Waals surface area contributed by atoms with Gasteiger partial charge in [-0.25, -0.2) is 4.79 Å². The van der Waals surface area contributed by atoms with Gasteiger partial charge in [0, 0.05) is 11.8 Å². The van der Waals surface area contributed by atoms with Crippen LogP contribution in [0, 0.1) is 0 Å². The lowest BCUT2D eigenvalue weighted by atomic mass is 10.3. The maximum atomic E-state index is 11.2. The quantitative estimate of drug-likeness (QED) is 0.725. The summed E-state index contributed by atoms with van der Waals surface area (Å²) in [5.41, 5.74) is 1.95. The molecule has 0 amide bonds. The second-order valence-electron chi connectivity index (χ2n) is 2.70. The number of nitrogens with zero attached hydrogens (tertiary/aromatic N) is 1. The lowest BCUT2D eigenvalue weighted by Crippen LogP contribution is -2.13. The summed E-state index contributed by atoms with van der Waals surface area (Å²) in [4.78, 5) is 11.2. The number of hydrogen-bond donors (Lipinski definition) is 1. The highest BCUT2D eigenvalue weighted by Gasteiger charge is 2.10. The zero-order chi connectivity index (χ0) is 9.26. The fraction of sp³-hybridized carbons (Fsp3) is 0.222. The molecule has 2 rings (SSSR count). The molecule has 0 unspecified atom stereocenters. The molecule has 1 heterocycles. The summed E-state index contributed by atoms with van der Waals surface area (Å²) in [6.07, 6.45) is 1.34. The van der Waals surface area contributed by atoms with Crippen molar-refractivity contribution in [2.45, 2.75) is 6.92 Å². The second-order valence-corrected chi connectivity index (χ2v) is 2.70. The second kappa shape index (κ2) is 2.97. The SMILES string of the molecule is CCOC(=O)n1cc2cccc-2[nH]1. The molecule has 0 radical (unpaired) electrons. The predicted octanol–water partition coefficient (Wildman–Crippen LogP) is 1.93. The number of fused-ring (bicyclic) bond motifs is 1. The average molecular weight is 178 g/mol. The van der Waals surface area contributed by atoms with Crippen LogP contribution in [0.2, 0.25) is 0 Å². The zero-order valence-corrected chi connectivity index (χ0v) is 7.28. The van der Waals surface area contributed by atoms with E-state index in [4.69, 9.17) is 4.74 Å². The number of H-pyrrole nitrogens is 1. The first-order chi connectivity index (χ1) is 6.31. The van der Waals surface area contributed by atoms with Gasteiger partial charge in [-0.15, -0.1) is 0 Å². The minimum atomic E-state index is -0.376. The fourth-order valence-corrected chi connectivity index (χ4v) is 1.24. The van der Waals surface area contributed by atoms with Gasteiger partial charge in [-0.3, -0.25) is 5.10 Å². The fourth-order valence-electron chi connectivity index (χ4n) is 1.24. The molecule has 0 aromatic heterocycles. The van der Waals surface area contributed by atoms with Gasteiger partial charge in [-0.1, -0.05) is 12.1 Å². The lowest BCUT2D eigenvalue weighted by Gasteiger charge is -1.99. The highest BCUT2D eigenvalue weighted by molar-refractivity contribution is 5.73. The monoisotopic (exact) mass is 178 g/mol. The van der Waals surface area contributed by atoms with Crippen LogP contribution >= 0.6 is 0 Å². The van der Waals surface area contributed by atoms with Crippen molar-refractivity contribution in [3.63, 3.8) is 0 Å². The van der Waals surface area contributed by atoms with Crippen LogP contribution in [-0.2, 0) is 4.74 Å². The summed E-state index contributed by atoms with van der Waals surface area (Å²) in [7, 11) is 0. The van der Waals surface area contributed by atoms with E-state index in [1.807, 2.05) is 18.2 Å². The van der Waals surface area contributed by atoms with Crippen LogP contribution in [0.15, 0.2) is 24.4 Å². The van der Waals surface area contributed by atoms with E-state index in [1.165, 1.54) is 4.68 Å². The van der Waals surface area contributed by atoms with Crippen molar-refractivity contribution in [3.05, 3.63) is 24.4 Å². The Hall–Kier alpha value is -1.71. The van der Waals surface area contributed by atoms with Crippen LogP contribution in [0.25, 0.3) is 11.3 Å². The number of hydrogen-bond acceptors (Lipinski definition) is 2. The minimum Gasteiger partial charge on any atom is -0.448 e. The molecule has 0 saturated carbocycles. The Morgan fingerprint density at radius 2 is 2.46 bits per heavy atom. The van der Waals surface area contributed by atoms with Gasteiger partial charge >= 0.3 is 6.09 Å². The Kier molecular flexibility index (Phi) is 1.81. The van der Waals surface area contributed by atoms with Crippen molar-refractivity contribution in [1.29, 1.82) is 0 Å². The third-order valence-corrected chi connectivity index (χ3v) is 1.82. The molecule has 0 aromatic rings. The number of aromatic amines is 1. The number of carbonyl (C=O) groups excluding carboxylic acids is 1. The zero-order valence-electron chi connectivity index (χ0n) is 7.28. The number of carbonyl (C=O) groups is 1. The van der Waals surface area contributed by atoms with Gasteiger partial charge in [0.2, 0.25) is 0 Å². The molecule has 4 nitrogen and oxygen atoms in total. The molecule has 0 aromatic carbocycles. The summed E-state index contributed by atoms with van der Waals surface area (Å²) < 4.78 is 6.16. The molecule has 0 saturated heterocycles. The van der Waals surface area contributed by atoms with Crippen molar-refractivity contribution in [2.75, 3.05) is 6.61 Å². The number of rotatable bonds is 1. The van der Waals surface area contributed by atoms with Crippen molar-refractivity contribution >= 4 is 6.09 Å². The normalized spacial score (nSPS) is 10.5. The topological polar surface area (TPSA) is 47.0 Å². The molecule has 2 aliphatic rings. The number of nitrogens with one attached hydrogen (secondary N) is 1. The Morgan fingerprint density at radius 3 is 3.15 bits per heavy atom. The molecular weight excluding hydrogens is 168 g/mol. The highest BCUT2D eigenvalue weighted by Crippen LogP contribution is 2.20. The van der Waals surface area contributed by atoms with Crippen LogP contribution < -0.4 is 0 Å². The molecule has 1 aliphatic carbocycles. The van der Waals surface area contributed by atoms with Crippen LogP contribution in [0.3, 0.4) is 0 Å². The maximum absolute atomic E-state index is 11.2. The third-order valence-electron chi connectivity index (χ3n) is 1.82. The Balaban J connectivity index is 2.30. The number of ether oxygens (including phenoxy) is 1. The molecule has 0 bridgehead atoms. The molecule has 4 heteroatoms. The molecule has 13 heavy (non-hydrogen) atoms. The average Bonchev–Trinajstić information content (AvgIpc) is 2.61. The van der Waals surface area contributed by atoms with E-state index in [0.717, 1.165) is 11.3 Å². The van der Waals surface area contributed by atoms with E-state index >= 15 is 0 Å². The maximum Gasteiger partial charge on any atom is 0.432 e.